The van der Waals surface area contributed by atoms with Crippen molar-refractivity contribution in [2.24, 2.45) is 5.92 Å². The van der Waals surface area contributed by atoms with Crippen LogP contribution in [0.1, 0.15) is 18.2 Å². The van der Waals surface area contributed by atoms with E-state index in [4.69, 9.17) is 5.11 Å². The molecule has 0 fully saturated rings. The largest absolute Gasteiger partial charge is 0.481 e. The zero-order chi connectivity index (χ0) is 12.6. The zero-order valence-corrected chi connectivity index (χ0v) is 10.3. The van der Waals surface area contributed by atoms with E-state index in [9.17, 15) is 4.79 Å². The van der Waals surface area contributed by atoms with Crippen LogP contribution in [-0.4, -0.2) is 20.9 Å². The van der Waals surface area contributed by atoms with Gasteiger partial charge in [-0.2, -0.15) is 5.10 Å². The molecule has 2 aromatic rings. The van der Waals surface area contributed by atoms with E-state index in [0.29, 0.717) is 6.54 Å². The quantitative estimate of drug-likeness (QED) is 0.883. The van der Waals surface area contributed by atoms with Crippen LogP contribution in [0.15, 0.2) is 18.2 Å². The number of aryl methyl sites for hydroxylation is 2. The van der Waals surface area contributed by atoms with Crippen LogP contribution in [0.5, 0.6) is 0 Å². The lowest BCUT2D eigenvalue weighted by Crippen LogP contribution is -2.18. The Morgan fingerprint density at radius 3 is 2.82 bits per heavy atom. The van der Waals surface area contributed by atoms with Crippen molar-refractivity contribution in [2.75, 3.05) is 0 Å². The number of rotatable bonds is 3. The Morgan fingerprint density at radius 1 is 1.47 bits per heavy atom. The van der Waals surface area contributed by atoms with Crippen LogP contribution in [0.4, 0.5) is 0 Å². The second-order valence-corrected chi connectivity index (χ2v) is 4.53. The molecule has 0 saturated heterocycles. The van der Waals surface area contributed by atoms with Gasteiger partial charge in [-0.1, -0.05) is 19.1 Å². The number of benzene rings is 1. The molecular formula is C13H16N2O2. The Labute approximate surface area is 99.9 Å². The number of carbonyl (C=O) groups is 1. The molecule has 1 heterocycles. The monoisotopic (exact) mass is 232 g/mol. The van der Waals surface area contributed by atoms with Gasteiger partial charge in [0.15, 0.2) is 0 Å². The summed E-state index contributed by atoms with van der Waals surface area (Å²) < 4.78 is 1.78. The second kappa shape index (κ2) is 4.20. The van der Waals surface area contributed by atoms with Crippen molar-refractivity contribution in [2.45, 2.75) is 27.3 Å². The Morgan fingerprint density at radius 2 is 2.18 bits per heavy atom. The first-order valence-electron chi connectivity index (χ1n) is 5.65. The molecule has 0 saturated carbocycles. The highest BCUT2D eigenvalue weighted by atomic mass is 16.4. The van der Waals surface area contributed by atoms with Crippen LogP contribution in [0.3, 0.4) is 0 Å². The van der Waals surface area contributed by atoms with E-state index in [0.717, 1.165) is 22.2 Å². The number of fused-ring (bicyclic) bond motifs is 1. The first kappa shape index (κ1) is 11.6. The molecule has 2 rings (SSSR count). The third kappa shape index (κ3) is 2.16. The molecule has 1 N–H and O–H groups in total. The molecule has 4 nitrogen and oxygen atoms in total. The third-order valence-corrected chi connectivity index (χ3v) is 3.03. The molecule has 0 bridgehead atoms. The number of nitrogens with zero attached hydrogens (tertiary/aromatic N) is 2. The lowest BCUT2D eigenvalue weighted by molar-refractivity contribution is -0.141. The predicted octanol–water partition coefficient (Wildman–Crippen LogP) is 2.37. The zero-order valence-electron chi connectivity index (χ0n) is 10.3. The highest BCUT2D eigenvalue weighted by Crippen LogP contribution is 2.19. The summed E-state index contributed by atoms with van der Waals surface area (Å²) in [6.07, 6.45) is 0. The van der Waals surface area contributed by atoms with Gasteiger partial charge in [-0.3, -0.25) is 9.48 Å². The SMILES string of the molecule is Cc1ccc2c(C)n(CC(C)C(=O)O)nc2c1. The number of hydrogen-bond acceptors (Lipinski definition) is 2. The molecule has 1 atom stereocenters. The van der Waals surface area contributed by atoms with E-state index in [2.05, 4.69) is 5.10 Å². The average molecular weight is 232 g/mol. The summed E-state index contributed by atoms with van der Waals surface area (Å²) >= 11 is 0. The summed E-state index contributed by atoms with van der Waals surface area (Å²) in [4.78, 5) is 10.8. The fraction of sp³-hybridized carbons (Fsp3) is 0.385. The van der Waals surface area contributed by atoms with E-state index in [1.54, 1.807) is 11.6 Å². The van der Waals surface area contributed by atoms with Gasteiger partial charge >= 0.3 is 5.97 Å². The number of aliphatic carboxylic acids is 1. The molecular weight excluding hydrogens is 216 g/mol. The van der Waals surface area contributed by atoms with Crippen LogP contribution in [-0.2, 0) is 11.3 Å². The minimum Gasteiger partial charge on any atom is -0.481 e. The Bertz CT molecular complexity index is 572. The molecule has 1 aromatic heterocycles. The van der Waals surface area contributed by atoms with Crippen molar-refractivity contribution < 1.29 is 9.90 Å². The molecule has 0 spiro atoms. The van der Waals surface area contributed by atoms with Gasteiger partial charge < -0.3 is 5.11 Å². The summed E-state index contributed by atoms with van der Waals surface area (Å²) in [6.45, 7) is 6.10. The molecule has 0 aliphatic heterocycles. The van der Waals surface area contributed by atoms with Gasteiger partial charge in [0, 0.05) is 11.1 Å². The summed E-state index contributed by atoms with van der Waals surface area (Å²) in [6, 6.07) is 6.10. The van der Waals surface area contributed by atoms with Crippen LogP contribution in [0.2, 0.25) is 0 Å². The lowest BCUT2D eigenvalue weighted by atomic mass is 10.1. The van der Waals surface area contributed by atoms with E-state index < -0.39 is 11.9 Å². The third-order valence-electron chi connectivity index (χ3n) is 3.03. The van der Waals surface area contributed by atoms with Crippen LogP contribution < -0.4 is 0 Å². The van der Waals surface area contributed by atoms with Crippen molar-refractivity contribution in [1.82, 2.24) is 9.78 Å². The van der Waals surface area contributed by atoms with E-state index >= 15 is 0 Å². The molecule has 0 aliphatic rings. The van der Waals surface area contributed by atoms with Crippen LogP contribution >= 0.6 is 0 Å². The maximum atomic E-state index is 10.8. The van der Waals surface area contributed by atoms with Crippen LogP contribution in [0.25, 0.3) is 10.9 Å². The second-order valence-electron chi connectivity index (χ2n) is 4.53. The van der Waals surface area contributed by atoms with Crippen molar-refractivity contribution in [1.29, 1.82) is 0 Å². The first-order valence-corrected chi connectivity index (χ1v) is 5.65. The van der Waals surface area contributed by atoms with E-state index in [-0.39, 0.29) is 0 Å². The fourth-order valence-electron chi connectivity index (χ4n) is 1.89. The fourth-order valence-corrected chi connectivity index (χ4v) is 1.89. The summed E-state index contributed by atoms with van der Waals surface area (Å²) in [7, 11) is 0. The van der Waals surface area contributed by atoms with Gasteiger partial charge in [-0.05, 0) is 25.5 Å². The molecule has 4 heteroatoms. The van der Waals surface area contributed by atoms with Gasteiger partial charge in [0.25, 0.3) is 0 Å². The first-order chi connectivity index (χ1) is 7.99. The van der Waals surface area contributed by atoms with Gasteiger partial charge in [-0.15, -0.1) is 0 Å². The summed E-state index contributed by atoms with van der Waals surface area (Å²) in [5.41, 5.74) is 3.11. The Balaban J connectivity index is 2.42. The topological polar surface area (TPSA) is 55.1 Å². The summed E-state index contributed by atoms with van der Waals surface area (Å²) in [5.74, 6) is -1.22. The van der Waals surface area contributed by atoms with Crippen molar-refractivity contribution >= 4 is 16.9 Å². The molecule has 0 radical (unpaired) electrons. The van der Waals surface area contributed by atoms with Gasteiger partial charge in [0.1, 0.15) is 0 Å². The lowest BCUT2D eigenvalue weighted by Gasteiger charge is -2.07. The minimum atomic E-state index is -0.792. The van der Waals surface area contributed by atoms with Gasteiger partial charge in [-0.25, -0.2) is 0 Å². The summed E-state index contributed by atoms with van der Waals surface area (Å²) in [5, 5.41) is 14.5. The normalized spacial score (nSPS) is 12.9. The molecule has 0 amide bonds. The van der Waals surface area contributed by atoms with Gasteiger partial charge in [0.2, 0.25) is 0 Å². The average Bonchev–Trinajstić information content (AvgIpc) is 2.55. The van der Waals surface area contributed by atoms with Crippen molar-refractivity contribution in [3.8, 4) is 0 Å². The van der Waals surface area contributed by atoms with E-state index in [1.165, 1.54) is 0 Å². The molecule has 90 valence electrons. The number of carboxylic acids is 1. The highest BCUT2D eigenvalue weighted by molar-refractivity contribution is 5.82. The maximum absolute atomic E-state index is 10.8. The number of carboxylic acid groups (broad SMARTS) is 1. The van der Waals surface area contributed by atoms with Gasteiger partial charge in [0.05, 0.1) is 18.0 Å². The smallest absolute Gasteiger partial charge is 0.308 e. The number of hydrogen-bond donors (Lipinski definition) is 1. The van der Waals surface area contributed by atoms with Crippen molar-refractivity contribution in [3.05, 3.63) is 29.5 Å². The molecule has 1 aromatic carbocycles. The molecule has 17 heavy (non-hydrogen) atoms. The predicted molar refractivity (Wildman–Crippen MR) is 66.0 cm³/mol. The Kier molecular flexibility index (Phi) is 2.88. The van der Waals surface area contributed by atoms with Crippen LogP contribution in [0, 0.1) is 19.8 Å². The maximum Gasteiger partial charge on any atom is 0.308 e. The number of aromatic nitrogens is 2. The van der Waals surface area contributed by atoms with E-state index in [1.807, 2.05) is 32.0 Å². The standard InChI is InChI=1S/C13H16N2O2/c1-8-4-5-11-10(3)15(14-12(11)6-8)7-9(2)13(16)17/h4-6,9H,7H2,1-3H3,(H,16,17). The minimum absolute atomic E-state index is 0.412. The highest BCUT2D eigenvalue weighted by Gasteiger charge is 2.15. The van der Waals surface area contributed by atoms with Crippen molar-refractivity contribution in [3.63, 3.8) is 0 Å². The molecule has 1 unspecified atom stereocenters. The molecule has 0 aliphatic carbocycles. The Hall–Kier alpha value is -1.84.